The second-order valence-corrected chi connectivity index (χ2v) is 8.05. The minimum absolute atomic E-state index is 0.0332. The van der Waals surface area contributed by atoms with Crippen molar-refractivity contribution in [3.8, 4) is 11.5 Å². The third-order valence-electron chi connectivity index (χ3n) is 5.78. The van der Waals surface area contributed by atoms with E-state index >= 15 is 0 Å². The van der Waals surface area contributed by atoms with Gasteiger partial charge in [-0.05, 0) is 43.5 Å². The van der Waals surface area contributed by atoms with Gasteiger partial charge < -0.3 is 15.4 Å². The summed E-state index contributed by atoms with van der Waals surface area (Å²) in [4.78, 5) is 25.2. The van der Waals surface area contributed by atoms with Crippen LogP contribution in [0.25, 0.3) is 0 Å². The highest BCUT2D eigenvalue weighted by Gasteiger charge is 2.48. The summed E-state index contributed by atoms with van der Waals surface area (Å²) in [7, 11) is 0. The van der Waals surface area contributed by atoms with Gasteiger partial charge in [0, 0.05) is 6.04 Å². The molecule has 2 N–H and O–H groups in total. The number of rotatable bonds is 6. The van der Waals surface area contributed by atoms with Gasteiger partial charge >= 0.3 is 0 Å². The van der Waals surface area contributed by atoms with Crippen LogP contribution in [-0.4, -0.2) is 17.9 Å². The van der Waals surface area contributed by atoms with Gasteiger partial charge in [-0.2, -0.15) is 0 Å². The third kappa shape index (κ3) is 5.17. The zero-order valence-electron chi connectivity index (χ0n) is 16.6. The molecule has 0 saturated heterocycles. The molecule has 4 rings (SSSR count). The smallest absolute Gasteiger partial charge is 0.228 e. The predicted molar refractivity (Wildman–Crippen MR) is 113 cm³/mol. The predicted octanol–water partition coefficient (Wildman–Crippen LogP) is 4.89. The van der Waals surface area contributed by atoms with Crippen molar-refractivity contribution in [1.29, 1.82) is 0 Å². The number of ether oxygens (including phenoxy) is 1. The van der Waals surface area contributed by atoms with Gasteiger partial charge in [-0.15, -0.1) is 0 Å². The van der Waals surface area contributed by atoms with Crippen molar-refractivity contribution in [2.75, 3.05) is 5.32 Å². The van der Waals surface area contributed by atoms with Crippen LogP contribution in [0.3, 0.4) is 0 Å². The maximum atomic E-state index is 12.7. The molecule has 2 aromatic carbocycles. The minimum Gasteiger partial charge on any atom is -0.455 e. The number of benzene rings is 2. The van der Waals surface area contributed by atoms with E-state index in [1.807, 2.05) is 54.6 Å². The van der Waals surface area contributed by atoms with Gasteiger partial charge in [-0.1, -0.05) is 56.0 Å². The maximum absolute atomic E-state index is 12.7. The average molecular weight is 392 g/mol. The second kappa shape index (κ2) is 9.12. The van der Waals surface area contributed by atoms with Crippen LogP contribution in [-0.2, 0) is 9.59 Å². The van der Waals surface area contributed by atoms with Crippen LogP contribution in [0.15, 0.2) is 54.6 Å². The zero-order chi connectivity index (χ0) is 20.1. The van der Waals surface area contributed by atoms with Crippen molar-refractivity contribution in [3.63, 3.8) is 0 Å². The molecule has 2 saturated carbocycles. The lowest BCUT2D eigenvalue weighted by Crippen LogP contribution is -2.36. The maximum Gasteiger partial charge on any atom is 0.228 e. The second-order valence-electron chi connectivity index (χ2n) is 8.05. The molecule has 0 radical (unpaired) electrons. The molecular weight excluding hydrogens is 364 g/mol. The average Bonchev–Trinajstić information content (AvgIpc) is 3.55. The first-order chi connectivity index (χ1) is 14.2. The normalized spacial score (nSPS) is 21.7. The number of carbonyl (C=O) groups is 2. The Morgan fingerprint density at radius 3 is 2.21 bits per heavy atom. The molecule has 2 aromatic rings. The molecule has 0 spiro atoms. The number of hydrogen-bond acceptors (Lipinski definition) is 3. The van der Waals surface area contributed by atoms with Crippen LogP contribution in [0, 0.1) is 11.8 Å². The molecule has 0 bridgehead atoms. The quantitative estimate of drug-likeness (QED) is 0.688. The summed E-state index contributed by atoms with van der Waals surface area (Å²) >= 11 is 0. The molecule has 2 aliphatic rings. The van der Waals surface area contributed by atoms with E-state index in [-0.39, 0.29) is 29.7 Å². The van der Waals surface area contributed by atoms with Crippen molar-refractivity contribution in [3.05, 3.63) is 54.6 Å². The summed E-state index contributed by atoms with van der Waals surface area (Å²) < 4.78 is 5.90. The molecule has 5 heteroatoms. The van der Waals surface area contributed by atoms with Crippen molar-refractivity contribution in [1.82, 2.24) is 5.32 Å². The van der Waals surface area contributed by atoms with Crippen LogP contribution in [0.1, 0.15) is 44.9 Å². The molecule has 0 aromatic heterocycles. The lowest BCUT2D eigenvalue weighted by Gasteiger charge is -2.16. The number of nitrogens with one attached hydrogen (secondary N) is 2. The Morgan fingerprint density at radius 2 is 1.45 bits per heavy atom. The Kier molecular flexibility index (Phi) is 6.13. The van der Waals surface area contributed by atoms with Crippen LogP contribution in [0.5, 0.6) is 11.5 Å². The van der Waals surface area contributed by atoms with Crippen LogP contribution in [0.2, 0.25) is 0 Å². The molecule has 152 valence electrons. The van der Waals surface area contributed by atoms with E-state index in [1.165, 1.54) is 25.7 Å². The summed E-state index contributed by atoms with van der Waals surface area (Å²) in [6, 6.07) is 17.1. The lowest BCUT2D eigenvalue weighted by atomic mass is 10.1. The lowest BCUT2D eigenvalue weighted by molar-refractivity contribution is -0.125. The number of para-hydroxylation sites is 3. The fraction of sp³-hybridized carbons (Fsp3) is 0.417. The highest BCUT2D eigenvalue weighted by molar-refractivity contribution is 6.00. The fourth-order valence-electron chi connectivity index (χ4n) is 4.01. The van der Waals surface area contributed by atoms with E-state index in [1.54, 1.807) is 0 Å². The van der Waals surface area contributed by atoms with Crippen LogP contribution < -0.4 is 15.4 Å². The van der Waals surface area contributed by atoms with Crippen LogP contribution >= 0.6 is 0 Å². The number of amides is 2. The highest BCUT2D eigenvalue weighted by Crippen LogP contribution is 2.40. The monoisotopic (exact) mass is 392 g/mol. The SMILES string of the molecule is O=C(Nc1ccccc1Oc1ccccc1)C1CC1C(=O)NC1CCCCCC1. The topological polar surface area (TPSA) is 67.4 Å². The first kappa shape index (κ1) is 19.5. The van der Waals surface area contributed by atoms with Gasteiger partial charge in [0.25, 0.3) is 0 Å². The standard InChI is InChI=1S/C24H28N2O3/c27-23(25-17-10-4-1-2-5-11-17)19-16-20(19)24(28)26-21-14-8-9-15-22(21)29-18-12-6-3-7-13-18/h3,6-9,12-15,17,19-20H,1-2,4-5,10-11,16H2,(H,25,27)(H,26,28). The van der Waals surface area contributed by atoms with Crippen molar-refractivity contribution < 1.29 is 14.3 Å². The van der Waals surface area contributed by atoms with E-state index in [4.69, 9.17) is 4.74 Å². The Bertz CT molecular complexity index is 844. The molecule has 2 fully saturated rings. The molecule has 2 atom stereocenters. The highest BCUT2D eigenvalue weighted by atomic mass is 16.5. The number of hydrogen-bond donors (Lipinski definition) is 2. The third-order valence-corrected chi connectivity index (χ3v) is 5.78. The summed E-state index contributed by atoms with van der Waals surface area (Å²) in [6.45, 7) is 0. The van der Waals surface area contributed by atoms with Crippen molar-refractivity contribution in [2.24, 2.45) is 11.8 Å². The fourth-order valence-corrected chi connectivity index (χ4v) is 4.01. The Morgan fingerprint density at radius 1 is 0.793 bits per heavy atom. The minimum atomic E-state index is -0.259. The van der Waals surface area contributed by atoms with Gasteiger partial charge in [0.2, 0.25) is 11.8 Å². The molecule has 29 heavy (non-hydrogen) atoms. The van der Waals surface area contributed by atoms with E-state index < -0.39 is 0 Å². The summed E-state index contributed by atoms with van der Waals surface area (Å²) in [5.41, 5.74) is 0.621. The molecule has 2 unspecified atom stereocenters. The van der Waals surface area contributed by atoms with E-state index in [9.17, 15) is 9.59 Å². The van der Waals surface area contributed by atoms with Gasteiger partial charge in [0.05, 0.1) is 17.5 Å². The van der Waals surface area contributed by atoms with E-state index in [2.05, 4.69) is 10.6 Å². The molecule has 2 aliphatic carbocycles. The molecule has 2 amide bonds. The number of carbonyl (C=O) groups excluding carboxylic acids is 2. The molecular formula is C24H28N2O3. The summed E-state index contributed by atoms with van der Waals surface area (Å²) in [5, 5.41) is 6.12. The first-order valence-corrected chi connectivity index (χ1v) is 10.6. The van der Waals surface area contributed by atoms with Gasteiger partial charge in [0.1, 0.15) is 5.75 Å². The first-order valence-electron chi connectivity index (χ1n) is 10.6. The van der Waals surface area contributed by atoms with Gasteiger partial charge in [-0.3, -0.25) is 9.59 Å². The Balaban J connectivity index is 1.33. The molecule has 0 aliphatic heterocycles. The molecule has 5 nitrogen and oxygen atoms in total. The Labute approximate surface area is 171 Å². The van der Waals surface area contributed by atoms with Crippen molar-refractivity contribution >= 4 is 17.5 Å². The zero-order valence-corrected chi connectivity index (χ0v) is 16.6. The van der Waals surface area contributed by atoms with Gasteiger partial charge in [0.15, 0.2) is 5.75 Å². The largest absolute Gasteiger partial charge is 0.455 e. The van der Waals surface area contributed by atoms with E-state index in [0.717, 1.165) is 12.8 Å². The van der Waals surface area contributed by atoms with E-state index in [0.29, 0.717) is 23.6 Å². The molecule has 0 heterocycles. The van der Waals surface area contributed by atoms with Crippen molar-refractivity contribution in [2.45, 2.75) is 51.0 Å². The Hall–Kier alpha value is -2.82. The number of anilines is 1. The van der Waals surface area contributed by atoms with Crippen LogP contribution in [0.4, 0.5) is 5.69 Å². The van der Waals surface area contributed by atoms with Gasteiger partial charge in [-0.25, -0.2) is 0 Å². The summed E-state index contributed by atoms with van der Waals surface area (Å²) in [5.74, 6) is 0.750. The summed E-state index contributed by atoms with van der Waals surface area (Å²) in [6.07, 6.45) is 7.59.